The van der Waals surface area contributed by atoms with E-state index in [9.17, 15) is 4.79 Å². The summed E-state index contributed by atoms with van der Waals surface area (Å²) in [6.07, 6.45) is 0. The standard InChI is InChI=1S/C14H14N2O/c1-10-9-11(2)16(15-10)14(17)12(3)13-7-5-4-6-8-13/h4-9H,3H2,1-2H3. The zero-order valence-electron chi connectivity index (χ0n) is 9.97. The number of carbonyl (C=O) groups excluding carboxylic acids is 1. The first-order valence-electron chi connectivity index (χ1n) is 5.42. The second kappa shape index (κ2) is 4.37. The van der Waals surface area contributed by atoms with Gasteiger partial charge in [-0.2, -0.15) is 5.10 Å². The first-order valence-corrected chi connectivity index (χ1v) is 5.42. The normalized spacial score (nSPS) is 10.2. The number of aryl methyl sites for hydroxylation is 2. The third-order valence-corrected chi connectivity index (χ3v) is 2.58. The SMILES string of the molecule is C=C(C(=O)n1nc(C)cc1C)c1ccccc1. The summed E-state index contributed by atoms with van der Waals surface area (Å²) in [7, 11) is 0. The minimum atomic E-state index is -0.179. The van der Waals surface area contributed by atoms with Crippen LogP contribution in [0.3, 0.4) is 0 Å². The Morgan fingerprint density at radius 1 is 1.24 bits per heavy atom. The van der Waals surface area contributed by atoms with Crippen molar-refractivity contribution in [2.24, 2.45) is 0 Å². The molecule has 0 radical (unpaired) electrons. The van der Waals surface area contributed by atoms with Gasteiger partial charge in [0.25, 0.3) is 5.91 Å². The fourth-order valence-electron chi connectivity index (χ4n) is 1.73. The molecule has 0 fully saturated rings. The van der Waals surface area contributed by atoms with Crippen molar-refractivity contribution in [2.45, 2.75) is 13.8 Å². The van der Waals surface area contributed by atoms with Gasteiger partial charge >= 0.3 is 0 Å². The molecule has 3 nitrogen and oxygen atoms in total. The average Bonchev–Trinajstić information content (AvgIpc) is 2.68. The number of benzene rings is 1. The number of nitrogens with zero attached hydrogens (tertiary/aromatic N) is 2. The Morgan fingerprint density at radius 2 is 1.88 bits per heavy atom. The molecule has 0 unspecified atom stereocenters. The zero-order valence-corrected chi connectivity index (χ0v) is 9.97. The second-order valence-electron chi connectivity index (χ2n) is 3.99. The van der Waals surface area contributed by atoms with Crippen molar-refractivity contribution in [3.63, 3.8) is 0 Å². The van der Waals surface area contributed by atoms with Gasteiger partial charge in [0.1, 0.15) is 0 Å². The number of aromatic nitrogens is 2. The summed E-state index contributed by atoms with van der Waals surface area (Å²) >= 11 is 0. The minimum Gasteiger partial charge on any atom is -0.267 e. The molecule has 0 N–H and O–H groups in total. The highest BCUT2D eigenvalue weighted by atomic mass is 16.2. The van der Waals surface area contributed by atoms with Crippen molar-refractivity contribution in [2.75, 3.05) is 0 Å². The monoisotopic (exact) mass is 226 g/mol. The third kappa shape index (κ3) is 2.18. The predicted molar refractivity (Wildman–Crippen MR) is 67.8 cm³/mol. The topological polar surface area (TPSA) is 34.9 Å². The van der Waals surface area contributed by atoms with Crippen LogP contribution in [0.5, 0.6) is 0 Å². The molecular formula is C14H14N2O. The van der Waals surface area contributed by atoms with E-state index in [2.05, 4.69) is 11.7 Å². The minimum absolute atomic E-state index is 0.179. The lowest BCUT2D eigenvalue weighted by molar-refractivity contribution is 0.0963. The molecule has 0 bridgehead atoms. The number of rotatable bonds is 2. The number of allylic oxidation sites excluding steroid dienone is 1. The highest BCUT2D eigenvalue weighted by Gasteiger charge is 2.14. The zero-order chi connectivity index (χ0) is 12.4. The quantitative estimate of drug-likeness (QED) is 0.738. The summed E-state index contributed by atoms with van der Waals surface area (Å²) < 4.78 is 1.39. The third-order valence-electron chi connectivity index (χ3n) is 2.58. The molecule has 0 aliphatic carbocycles. The molecule has 1 aromatic heterocycles. The van der Waals surface area contributed by atoms with E-state index in [-0.39, 0.29) is 5.91 Å². The van der Waals surface area contributed by atoms with Crippen LogP contribution in [0.4, 0.5) is 0 Å². The summed E-state index contributed by atoms with van der Waals surface area (Å²) in [5, 5.41) is 4.16. The molecule has 86 valence electrons. The van der Waals surface area contributed by atoms with Crippen LogP contribution < -0.4 is 0 Å². The summed E-state index contributed by atoms with van der Waals surface area (Å²) in [5.41, 5.74) is 2.93. The Kier molecular flexibility index (Phi) is 2.91. The van der Waals surface area contributed by atoms with E-state index in [1.807, 2.05) is 50.2 Å². The maximum atomic E-state index is 12.2. The lowest BCUT2D eigenvalue weighted by atomic mass is 10.1. The van der Waals surface area contributed by atoms with Crippen LogP contribution in [0.1, 0.15) is 21.7 Å². The van der Waals surface area contributed by atoms with E-state index in [1.54, 1.807) is 0 Å². The van der Waals surface area contributed by atoms with Crippen molar-refractivity contribution in [1.82, 2.24) is 9.78 Å². The molecule has 2 rings (SSSR count). The lowest BCUT2D eigenvalue weighted by Crippen LogP contribution is -2.15. The highest BCUT2D eigenvalue weighted by Crippen LogP contribution is 2.15. The van der Waals surface area contributed by atoms with Crippen molar-refractivity contribution in [3.05, 3.63) is 59.9 Å². The number of carbonyl (C=O) groups is 1. The van der Waals surface area contributed by atoms with Crippen LogP contribution in [0.25, 0.3) is 5.57 Å². The molecule has 2 aromatic rings. The Hall–Kier alpha value is -2.16. The Balaban J connectivity index is 2.33. The molecule has 0 saturated heterocycles. The Bertz CT molecular complexity index is 567. The largest absolute Gasteiger partial charge is 0.278 e. The van der Waals surface area contributed by atoms with Crippen molar-refractivity contribution in [1.29, 1.82) is 0 Å². The predicted octanol–water partition coefficient (Wildman–Crippen LogP) is 2.85. The maximum Gasteiger partial charge on any atom is 0.278 e. The van der Waals surface area contributed by atoms with Gasteiger partial charge in [0.2, 0.25) is 0 Å². The summed E-state index contributed by atoms with van der Waals surface area (Å²) in [5.74, 6) is -0.179. The molecule has 1 heterocycles. The van der Waals surface area contributed by atoms with Gasteiger partial charge in [0.15, 0.2) is 0 Å². The van der Waals surface area contributed by atoms with Crippen LogP contribution in [0.15, 0.2) is 43.0 Å². The first kappa shape index (κ1) is 11.3. The Labute approximate surface area is 100 Å². The van der Waals surface area contributed by atoms with Gasteiger partial charge < -0.3 is 0 Å². The van der Waals surface area contributed by atoms with E-state index >= 15 is 0 Å². The Morgan fingerprint density at radius 3 is 2.41 bits per heavy atom. The van der Waals surface area contributed by atoms with E-state index in [0.29, 0.717) is 5.57 Å². The lowest BCUT2D eigenvalue weighted by Gasteiger charge is -2.06. The molecule has 0 aliphatic rings. The highest BCUT2D eigenvalue weighted by molar-refractivity contribution is 6.19. The van der Waals surface area contributed by atoms with E-state index in [4.69, 9.17) is 0 Å². The molecule has 0 atom stereocenters. The molecule has 0 aliphatic heterocycles. The second-order valence-corrected chi connectivity index (χ2v) is 3.99. The molecule has 17 heavy (non-hydrogen) atoms. The van der Waals surface area contributed by atoms with E-state index < -0.39 is 0 Å². The number of hydrogen-bond donors (Lipinski definition) is 0. The van der Waals surface area contributed by atoms with Gasteiger partial charge in [-0.3, -0.25) is 4.79 Å². The number of hydrogen-bond acceptors (Lipinski definition) is 2. The summed E-state index contributed by atoms with van der Waals surface area (Å²) in [4.78, 5) is 12.2. The molecule has 0 amide bonds. The van der Waals surface area contributed by atoms with E-state index in [0.717, 1.165) is 17.0 Å². The van der Waals surface area contributed by atoms with Gasteiger partial charge in [-0.15, -0.1) is 0 Å². The fourth-order valence-corrected chi connectivity index (χ4v) is 1.73. The average molecular weight is 226 g/mol. The molecule has 1 aromatic carbocycles. The van der Waals surface area contributed by atoms with E-state index in [1.165, 1.54) is 4.68 Å². The van der Waals surface area contributed by atoms with Gasteiger partial charge in [0, 0.05) is 11.3 Å². The molecule has 0 saturated carbocycles. The van der Waals surface area contributed by atoms with Gasteiger partial charge in [-0.1, -0.05) is 36.9 Å². The fraction of sp³-hybridized carbons (Fsp3) is 0.143. The van der Waals surface area contributed by atoms with Crippen molar-refractivity contribution in [3.8, 4) is 0 Å². The van der Waals surface area contributed by atoms with Crippen LogP contribution in [-0.4, -0.2) is 15.7 Å². The maximum absolute atomic E-state index is 12.2. The van der Waals surface area contributed by atoms with Crippen LogP contribution in [-0.2, 0) is 0 Å². The smallest absolute Gasteiger partial charge is 0.267 e. The molecular weight excluding hydrogens is 212 g/mol. The van der Waals surface area contributed by atoms with Crippen LogP contribution >= 0.6 is 0 Å². The van der Waals surface area contributed by atoms with Gasteiger partial charge in [-0.05, 0) is 25.5 Å². The first-order chi connectivity index (χ1) is 8.09. The molecule has 0 spiro atoms. The van der Waals surface area contributed by atoms with Gasteiger partial charge in [-0.25, -0.2) is 4.68 Å². The van der Waals surface area contributed by atoms with Crippen LogP contribution in [0.2, 0.25) is 0 Å². The van der Waals surface area contributed by atoms with Crippen molar-refractivity contribution >= 4 is 11.5 Å². The summed E-state index contributed by atoms with van der Waals surface area (Å²) in [6.45, 7) is 7.56. The summed E-state index contributed by atoms with van der Waals surface area (Å²) in [6, 6.07) is 11.3. The molecule has 3 heteroatoms. The van der Waals surface area contributed by atoms with Gasteiger partial charge in [0.05, 0.1) is 5.69 Å². The van der Waals surface area contributed by atoms with Crippen LogP contribution in [0, 0.1) is 13.8 Å². The van der Waals surface area contributed by atoms with Crippen molar-refractivity contribution < 1.29 is 4.79 Å².